The summed E-state index contributed by atoms with van der Waals surface area (Å²) in [6.07, 6.45) is 4.16. The van der Waals surface area contributed by atoms with Crippen molar-refractivity contribution in [1.29, 1.82) is 0 Å². The number of rotatable bonds is 2. The molecule has 2 saturated heterocycles. The highest BCUT2D eigenvalue weighted by molar-refractivity contribution is 5.30. The Bertz CT molecular complexity index is 711. The van der Waals surface area contributed by atoms with Gasteiger partial charge in [-0.1, -0.05) is 59.7 Å². The summed E-state index contributed by atoms with van der Waals surface area (Å²) in [5.41, 5.74) is 5.42. The number of ether oxygens (including phenoxy) is 1. The van der Waals surface area contributed by atoms with Crippen LogP contribution in [-0.4, -0.2) is 19.2 Å². The highest BCUT2D eigenvalue weighted by Crippen LogP contribution is 2.34. The Morgan fingerprint density at radius 1 is 0.917 bits per heavy atom. The first-order chi connectivity index (χ1) is 11.7. The summed E-state index contributed by atoms with van der Waals surface area (Å²) in [7, 11) is 0. The fraction of sp³-hybridized carbons (Fsp3) is 0.455. The van der Waals surface area contributed by atoms with Crippen molar-refractivity contribution in [3.63, 3.8) is 0 Å². The Morgan fingerprint density at radius 3 is 2.38 bits per heavy atom. The van der Waals surface area contributed by atoms with Gasteiger partial charge in [-0.25, -0.2) is 0 Å². The van der Waals surface area contributed by atoms with Crippen LogP contribution in [0.3, 0.4) is 0 Å². The number of fused-ring (bicyclic) bond motifs is 1. The summed E-state index contributed by atoms with van der Waals surface area (Å²) in [4.78, 5) is 1.74. The van der Waals surface area contributed by atoms with Crippen molar-refractivity contribution in [2.75, 3.05) is 13.2 Å². The minimum Gasteiger partial charge on any atom is -0.361 e. The van der Waals surface area contributed by atoms with Gasteiger partial charge in [-0.05, 0) is 32.3 Å². The molecule has 4 unspecified atom stereocenters. The van der Waals surface area contributed by atoms with Crippen molar-refractivity contribution in [1.82, 2.24) is 0 Å². The fourth-order valence-electron chi connectivity index (χ4n) is 4.61. The molecule has 2 heterocycles. The molecular formula is C22H28NO+. The predicted molar refractivity (Wildman–Crippen MR) is 97.3 cm³/mol. The molecule has 2 heteroatoms. The lowest BCUT2D eigenvalue weighted by Crippen LogP contribution is -3.18. The first-order valence-corrected chi connectivity index (χ1v) is 9.33. The number of nitrogens with one attached hydrogen (secondary N) is 1. The molecule has 0 amide bonds. The van der Waals surface area contributed by atoms with Crippen LogP contribution in [0.2, 0.25) is 0 Å². The van der Waals surface area contributed by atoms with Crippen LogP contribution in [-0.2, 0) is 4.74 Å². The third-order valence-electron chi connectivity index (χ3n) is 5.74. The van der Waals surface area contributed by atoms with Crippen LogP contribution in [0.15, 0.2) is 48.5 Å². The standard InChI is InChI=1S/C22H27NO/c1-16-7-5-9-18(13-16)21-22(19-10-6-8-17(2)14-19)24-15-20-11-3-4-12-23(20)21/h5-10,13-14,20-22H,3-4,11-12,15H2,1-2H3/p+1. The molecule has 1 N–H and O–H groups in total. The normalized spacial score (nSPS) is 29.9. The number of piperidine rings is 1. The van der Waals surface area contributed by atoms with Crippen LogP contribution < -0.4 is 4.90 Å². The summed E-state index contributed by atoms with van der Waals surface area (Å²) < 4.78 is 6.47. The summed E-state index contributed by atoms with van der Waals surface area (Å²) in [5.74, 6) is 0. The molecule has 4 atom stereocenters. The van der Waals surface area contributed by atoms with Crippen molar-refractivity contribution in [2.45, 2.75) is 51.3 Å². The zero-order valence-electron chi connectivity index (χ0n) is 14.8. The smallest absolute Gasteiger partial charge is 0.144 e. The summed E-state index contributed by atoms with van der Waals surface area (Å²) in [6, 6.07) is 19.0. The SMILES string of the molecule is Cc1cccc(C2OCC3CCCC[NH+]3C2c2cccc(C)c2)c1. The average Bonchev–Trinajstić information content (AvgIpc) is 2.60. The van der Waals surface area contributed by atoms with Crippen molar-refractivity contribution < 1.29 is 9.64 Å². The molecule has 0 aromatic heterocycles. The Morgan fingerprint density at radius 2 is 1.62 bits per heavy atom. The van der Waals surface area contributed by atoms with Crippen LogP contribution in [0.5, 0.6) is 0 Å². The number of hydrogen-bond donors (Lipinski definition) is 1. The maximum atomic E-state index is 6.47. The minimum absolute atomic E-state index is 0.163. The molecule has 2 aliphatic rings. The van der Waals surface area contributed by atoms with E-state index in [1.54, 1.807) is 4.90 Å². The van der Waals surface area contributed by atoms with E-state index in [0.717, 1.165) is 6.61 Å². The largest absolute Gasteiger partial charge is 0.361 e. The van der Waals surface area contributed by atoms with Gasteiger partial charge in [-0.15, -0.1) is 0 Å². The molecule has 24 heavy (non-hydrogen) atoms. The molecule has 0 bridgehead atoms. The highest BCUT2D eigenvalue weighted by atomic mass is 16.5. The molecule has 2 fully saturated rings. The maximum absolute atomic E-state index is 6.47. The van der Waals surface area contributed by atoms with E-state index in [1.807, 2.05) is 0 Å². The van der Waals surface area contributed by atoms with Crippen LogP contribution in [0.4, 0.5) is 0 Å². The third-order valence-corrected chi connectivity index (χ3v) is 5.74. The van der Waals surface area contributed by atoms with Crippen LogP contribution >= 0.6 is 0 Å². The molecule has 4 rings (SSSR count). The molecule has 0 saturated carbocycles. The number of hydrogen-bond acceptors (Lipinski definition) is 1. The monoisotopic (exact) mass is 322 g/mol. The summed E-state index contributed by atoms with van der Waals surface area (Å²) >= 11 is 0. The molecule has 0 spiro atoms. The van der Waals surface area contributed by atoms with Gasteiger partial charge in [-0.3, -0.25) is 0 Å². The molecule has 126 valence electrons. The van der Waals surface area contributed by atoms with E-state index >= 15 is 0 Å². The van der Waals surface area contributed by atoms with Gasteiger partial charge in [0.1, 0.15) is 18.2 Å². The molecule has 0 radical (unpaired) electrons. The molecule has 2 nitrogen and oxygen atoms in total. The fourth-order valence-corrected chi connectivity index (χ4v) is 4.61. The van der Waals surface area contributed by atoms with Gasteiger partial charge in [-0.2, -0.15) is 0 Å². The van der Waals surface area contributed by atoms with Gasteiger partial charge >= 0.3 is 0 Å². The van der Waals surface area contributed by atoms with Crippen molar-refractivity contribution in [3.05, 3.63) is 70.8 Å². The van der Waals surface area contributed by atoms with Crippen LogP contribution in [0, 0.1) is 13.8 Å². The highest BCUT2D eigenvalue weighted by Gasteiger charge is 2.44. The van der Waals surface area contributed by atoms with E-state index in [4.69, 9.17) is 4.74 Å². The molecule has 0 aliphatic carbocycles. The van der Waals surface area contributed by atoms with E-state index in [0.29, 0.717) is 12.1 Å². The van der Waals surface area contributed by atoms with Gasteiger partial charge in [0.05, 0.1) is 13.2 Å². The van der Waals surface area contributed by atoms with Gasteiger partial charge in [0.2, 0.25) is 0 Å². The van der Waals surface area contributed by atoms with Crippen molar-refractivity contribution >= 4 is 0 Å². The van der Waals surface area contributed by atoms with E-state index < -0.39 is 0 Å². The second kappa shape index (κ2) is 6.70. The van der Waals surface area contributed by atoms with E-state index in [1.165, 1.54) is 48.1 Å². The van der Waals surface area contributed by atoms with Gasteiger partial charge in [0.15, 0.2) is 0 Å². The average molecular weight is 322 g/mol. The lowest BCUT2D eigenvalue weighted by atomic mass is 9.87. The zero-order valence-corrected chi connectivity index (χ0v) is 14.8. The van der Waals surface area contributed by atoms with E-state index in [-0.39, 0.29) is 6.10 Å². The van der Waals surface area contributed by atoms with Crippen LogP contribution in [0.1, 0.15) is 53.7 Å². The maximum Gasteiger partial charge on any atom is 0.144 e. The Hall–Kier alpha value is -1.64. The minimum atomic E-state index is 0.163. The van der Waals surface area contributed by atoms with Gasteiger partial charge in [0.25, 0.3) is 0 Å². The van der Waals surface area contributed by atoms with Gasteiger partial charge < -0.3 is 9.64 Å². The van der Waals surface area contributed by atoms with Crippen molar-refractivity contribution in [2.24, 2.45) is 0 Å². The molecule has 2 aromatic rings. The Labute approximate surface area is 145 Å². The molecule has 2 aromatic carbocycles. The lowest BCUT2D eigenvalue weighted by molar-refractivity contribution is -0.974. The summed E-state index contributed by atoms with van der Waals surface area (Å²) in [6.45, 7) is 6.54. The second-order valence-corrected chi connectivity index (χ2v) is 7.58. The number of morpholine rings is 1. The van der Waals surface area contributed by atoms with Gasteiger partial charge in [0, 0.05) is 12.0 Å². The van der Waals surface area contributed by atoms with Crippen LogP contribution in [0.25, 0.3) is 0 Å². The Balaban J connectivity index is 1.76. The quantitative estimate of drug-likeness (QED) is 0.893. The molecule has 2 aliphatic heterocycles. The topological polar surface area (TPSA) is 13.7 Å². The van der Waals surface area contributed by atoms with E-state index in [9.17, 15) is 0 Å². The number of quaternary nitrogens is 1. The number of benzene rings is 2. The lowest BCUT2D eigenvalue weighted by Gasteiger charge is -2.45. The predicted octanol–water partition coefficient (Wildman–Crippen LogP) is 3.55. The summed E-state index contributed by atoms with van der Waals surface area (Å²) in [5, 5.41) is 0. The zero-order chi connectivity index (χ0) is 16.5. The first-order valence-electron chi connectivity index (χ1n) is 9.33. The Kier molecular flexibility index (Phi) is 4.43. The second-order valence-electron chi connectivity index (χ2n) is 7.58. The van der Waals surface area contributed by atoms with Crippen molar-refractivity contribution in [3.8, 4) is 0 Å². The third kappa shape index (κ3) is 3.01. The van der Waals surface area contributed by atoms with E-state index in [2.05, 4.69) is 62.4 Å². The first kappa shape index (κ1) is 15.9. The molecular weight excluding hydrogens is 294 g/mol. The number of aryl methyl sites for hydroxylation is 2.